The van der Waals surface area contributed by atoms with Gasteiger partial charge in [0.2, 0.25) is 0 Å². The van der Waals surface area contributed by atoms with E-state index in [2.05, 4.69) is 50.3 Å². The van der Waals surface area contributed by atoms with E-state index in [9.17, 15) is 0 Å². The number of benzene rings is 1. The van der Waals surface area contributed by atoms with Gasteiger partial charge < -0.3 is 10.2 Å². The Hall–Kier alpha value is -0.570. The molecule has 0 aromatic heterocycles. The van der Waals surface area contributed by atoms with Gasteiger partial charge in [0.1, 0.15) is 0 Å². The van der Waals surface area contributed by atoms with E-state index in [4.69, 9.17) is 11.6 Å². The van der Waals surface area contributed by atoms with Crippen molar-refractivity contribution in [2.75, 3.05) is 27.2 Å². The van der Waals surface area contributed by atoms with Crippen LogP contribution in [0, 0.1) is 12.3 Å². The second-order valence-corrected chi connectivity index (χ2v) is 6.50. The third kappa shape index (κ3) is 5.38. The predicted molar refractivity (Wildman–Crippen MR) is 80.2 cm³/mol. The Balaban J connectivity index is 2.43. The lowest BCUT2D eigenvalue weighted by Crippen LogP contribution is -2.37. The van der Waals surface area contributed by atoms with Crippen LogP contribution in [0.5, 0.6) is 0 Å². The summed E-state index contributed by atoms with van der Waals surface area (Å²) < 4.78 is 0. The monoisotopic (exact) mass is 268 g/mol. The van der Waals surface area contributed by atoms with Gasteiger partial charge in [-0.05, 0) is 43.6 Å². The zero-order valence-electron chi connectivity index (χ0n) is 12.2. The summed E-state index contributed by atoms with van der Waals surface area (Å²) >= 11 is 6.12. The van der Waals surface area contributed by atoms with Crippen molar-refractivity contribution in [3.05, 3.63) is 34.3 Å². The lowest BCUT2D eigenvalue weighted by molar-refractivity contribution is 0.232. The van der Waals surface area contributed by atoms with Crippen LogP contribution in [0.15, 0.2) is 18.2 Å². The summed E-state index contributed by atoms with van der Waals surface area (Å²) in [7, 11) is 4.23. The Bertz CT molecular complexity index is 386. The Morgan fingerprint density at radius 1 is 1.28 bits per heavy atom. The van der Waals surface area contributed by atoms with Gasteiger partial charge in [0, 0.05) is 24.7 Å². The molecule has 0 saturated heterocycles. The van der Waals surface area contributed by atoms with E-state index in [-0.39, 0.29) is 5.41 Å². The SMILES string of the molecule is Cc1ccc(CNCC(C)(C)CN(C)C)cc1Cl. The third-order valence-electron chi connectivity index (χ3n) is 2.91. The highest BCUT2D eigenvalue weighted by molar-refractivity contribution is 6.31. The quantitative estimate of drug-likeness (QED) is 0.851. The molecule has 0 aliphatic carbocycles. The molecule has 0 heterocycles. The fourth-order valence-electron chi connectivity index (χ4n) is 2.20. The van der Waals surface area contributed by atoms with E-state index >= 15 is 0 Å². The molecule has 0 bridgehead atoms. The highest BCUT2D eigenvalue weighted by Gasteiger charge is 2.18. The largest absolute Gasteiger partial charge is 0.312 e. The van der Waals surface area contributed by atoms with Crippen molar-refractivity contribution < 1.29 is 0 Å². The normalized spacial score (nSPS) is 12.2. The van der Waals surface area contributed by atoms with Gasteiger partial charge >= 0.3 is 0 Å². The van der Waals surface area contributed by atoms with Gasteiger partial charge in [-0.2, -0.15) is 0 Å². The highest BCUT2D eigenvalue weighted by atomic mass is 35.5. The van der Waals surface area contributed by atoms with Crippen LogP contribution >= 0.6 is 11.6 Å². The fraction of sp³-hybridized carbons (Fsp3) is 0.600. The van der Waals surface area contributed by atoms with E-state index in [0.29, 0.717) is 0 Å². The molecular formula is C15H25ClN2. The van der Waals surface area contributed by atoms with E-state index < -0.39 is 0 Å². The summed E-state index contributed by atoms with van der Waals surface area (Å²) in [5, 5.41) is 4.36. The summed E-state index contributed by atoms with van der Waals surface area (Å²) in [4.78, 5) is 2.23. The summed E-state index contributed by atoms with van der Waals surface area (Å²) in [5.41, 5.74) is 2.65. The second kappa shape index (κ2) is 6.55. The smallest absolute Gasteiger partial charge is 0.0438 e. The number of rotatable bonds is 6. The number of halogens is 1. The molecule has 0 amide bonds. The van der Waals surface area contributed by atoms with Crippen LogP contribution < -0.4 is 5.32 Å². The summed E-state index contributed by atoms with van der Waals surface area (Å²) in [5.74, 6) is 0. The van der Waals surface area contributed by atoms with Gasteiger partial charge in [-0.25, -0.2) is 0 Å². The number of hydrogen-bond acceptors (Lipinski definition) is 2. The van der Waals surface area contributed by atoms with Crippen LogP contribution in [0.2, 0.25) is 5.02 Å². The molecule has 102 valence electrons. The first-order chi connectivity index (χ1) is 8.30. The van der Waals surface area contributed by atoms with E-state index in [1.54, 1.807) is 0 Å². The van der Waals surface area contributed by atoms with Crippen molar-refractivity contribution in [3.63, 3.8) is 0 Å². The molecule has 1 N–H and O–H groups in total. The molecule has 0 fully saturated rings. The Morgan fingerprint density at radius 2 is 1.94 bits per heavy atom. The molecule has 1 rings (SSSR count). The Morgan fingerprint density at radius 3 is 2.50 bits per heavy atom. The topological polar surface area (TPSA) is 15.3 Å². The number of hydrogen-bond donors (Lipinski definition) is 1. The van der Waals surface area contributed by atoms with E-state index in [1.807, 2.05) is 13.0 Å². The maximum absolute atomic E-state index is 6.12. The third-order valence-corrected chi connectivity index (χ3v) is 3.32. The van der Waals surface area contributed by atoms with Gasteiger partial charge in [-0.1, -0.05) is 37.6 Å². The van der Waals surface area contributed by atoms with Crippen molar-refractivity contribution in [2.45, 2.75) is 27.3 Å². The van der Waals surface area contributed by atoms with Crippen molar-refractivity contribution >= 4 is 11.6 Å². The molecule has 0 aliphatic heterocycles. The highest BCUT2D eigenvalue weighted by Crippen LogP contribution is 2.17. The van der Waals surface area contributed by atoms with Gasteiger partial charge in [0.15, 0.2) is 0 Å². The fourth-order valence-corrected chi connectivity index (χ4v) is 2.41. The van der Waals surface area contributed by atoms with Crippen LogP contribution in [0.3, 0.4) is 0 Å². The molecule has 0 spiro atoms. The minimum absolute atomic E-state index is 0.276. The van der Waals surface area contributed by atoms with Crippen LogP contribution in [0.1, 0.15) is 25.0 Å². The van der Waals surface area contributed by atoms with Crippen molar-refractivity contribution in [2.24, 2.45) is 5.41 Å². The van der Waals surface area contributed by atoms with Crippen molar-refractivity contribution in [3.8, 4) is 0 Å². The first-order valence-electron chi connectivity index (χ1n) is 6.41. The first-order valence-corrected chi connectivity index (χ1v) is 6.78. The summed E-state index contributed by atoms with van der Waals surface area (Å²) in [6.45, 7) is 9.53. The van der Waals surface area contributed by atoms with Crippen LogP contribution in [-0.2, 0) is 6.54 Å². The van der Waals surface area contributed by atoms with E-state index in [0.717, 1.165) is 30.2 Å². The van der Waals surface area contributed by atoms with Crippen molar-refractivity contribution in [1.82, 2.24) is 10.2 Å². The average molecular weight is 269 g/mol. The van der Waals surface area contributed by atoms with E-state index in [1.165, 1.54) is 5.56 Å². The standard InChI is InChI=1S/C15H25ClN2/c1-12-6-7-13(8-14(12)16)9-17-10-15(2,3)11-18(4)5/h6-8,17H,9-11H2,1-5H3. The Labute approximate surface area is 116 Å². The molecule has 0 radical (unpaired) electrons. The molecule has 2 nitrogen and oxygen atoms in total. The Kier molecular flexibility index (Phi) is 5.64. The maximum atomic E-state index is 6.12. The minimum atomic E-state index is 0.276. The number of nitrogens with zero attached hydrogens (tertiary/aromatic N) is 1. The van der Waals surface area contributed by atoms with Gasteiger partial charge in [-0.15, -0.1) is 0 Å². The minimum Gasteiger partial charge on any atom is -0.312 e. The second-order valence-electron chi connectivity index (χ2n) is 6.09. The van der Waals surface area contributed by atoms with Gasteiger partial charge in [0.25, 0.3) is 0 Å². The molecule has 0 saturated carbocycles. The van der Waals surface area contributed by atoms with Crippen LogP contribution in [0.25, 0.3) is 0 Å². The van der Waals surface area contributed by atoms with Gasteiger partial charge in [-0.3, -0.25) is 0 Å². The lowest BCUT2D eigenvalue weighted by atomic mass is 9.93. The zero-order valence-corrected chi connectivity index (χ0v) is 12.9. The molecule has 0 aliphatic rings. The predicted octanol–water partition coefficient (Wildman–Crippen LogP) is 3.33. The molecular weight excluding hydrogens is 244 g/mol. The molecule has 1 aromatic carbocycles. The van der Waals surface area contributed by atoms with Crippen LogP contribution in [0.4, 0.5) is 0 Å². The first kappa shape index (κ1) is 15.5. The van der Waals surface area contributed by atoms with Crippen LogP contribution in [-0.4, -0.2) is 32.1 Å². The molecule has 3 heteroatoms. The van der Waals surface area contributed by atoms with Gasteiger partial charge in [0.05, 0.1) is 0 Å². The summed E-state index contributed by atoms with van der Waals surface area (Å²) in [6, 6.07) is 6.25. The number of aryl methyl sites for hydroxylation is 1. The molecule has 1 aromatic rings. The maximum Gasteiger partial charge on any atom is 0.0438 e. The zero-order chi connectivity index (χ0) is 13.8. The summed E-state index contributed by atoms with van der Waals surface area (Å²) in [6.07, 6.45) is 0. The molecule has 18 heavy (non-hydrogen) atoms. The van der Waals surface area contributed by atoms with Crippen molar-refractivity contribution in [1.29, 1.82) is 0 Å². The molecule has 0 atom stereocenters. The lowest BCUT2D eigenvalue weighted by Gasteiger charge is -2.28. The molecule has 0 unspecified atom stereocenters. The number of nitrogens with one attached hydrogen (secondary N) is 1. The average Bonchev–Trinajstić information content (AvgIpc) is 2.21.